The van der Waals surface area contributed by atoms with Crippen molar-refractivity contribution in [3.05, 3.63) is 71.9 Å². The van der Waals surface area contributed by atoms with Crippen LogP contribution in [-0.2, 0) is 5.41 Å². The molecule has 24 heavy (non-hydrogen) atoms. The number of rotatable bonds is 3. The molecular formula is C18H19N4O2+. The van der Waals surface area contributed by atoms with Crippen molar-refractivity contribution in [3.63, 3.8) is 0 Å². The summed E-state index contributed by atoms with van der Waals surface area (Å²) in [6.07, 6.45) is 0. The third-order valence-electron chi connectivity index (χ3n) is 3.97. The number of aromatic nitrogens is 2. The van der Waals surface area contributed by atoms with Crippen LogP contribution in [0.15, 0.2) is 65.2 Å². The monoisotopic (exact) mass is 323 g/mol. The SMILES string of the molecule is CC(C)(c1ccccc1)c1c(N)on[n+]1C(=O)Nc1ccccc1. The molecule has 6 heteroatoms. The number of anilines is 2. The van der Waals surface area contributed by atoms with E-state index < -0.39 is 11.4 Å². The minimum atomic E-state index is -0.556. The summed E-state index contributed by atoms with van der Waals surface area (Å²) in [6, 6.07) is 18.5. The van der Waals surface area contributed by atoms with Crippen molar-refractivity contribution in [2.45, 2.75) is 19.3 Å². The van der Waals surface area contributed by atoms with E-state index in [1.54, 1.807) is 12.1 Å². The largest absolute Gasteiger partial charge is 0.524 e. The lowest BCUT2D eigenvalue weighted by Crippen LogP contribution is -2.54. The first-order valence-corrected chi connectivity index (χ1v) is 7.60. The smallest absolute Gasteiger partial charge is 0.364 e. The van der Waals surface area contributed by atoms with Crippen LogP contribution in [0.25, 0.3) is 0 Å². The van der Waals surface area contributed by atoms with E-state index in [0.29, 0.717) is 11.4 Å². The second-order valence-electron chi connectivity index (χ2n) is 5.98. The summed E-state index contributed by atoms with van der Waals surface area (Å²) >= 11 is 0. The Balaban J connectivity index is 1.99. The molecule has 0 radical (unpaired) electrons. The quantitative estimate of drug-likeness (QED) is 0.726. The summed E-state index contributed by atoms with van der Waals surface area (Å²) in [5, 5.41) is 6.59. The standard InChI is InChI=1S/C18H18N4O2/c1-18(2,13-9-5-3-6-10-13)15-16(19)24-21-22(15)17(23)20-14-11-7-4-8-12-14/h3-12H,1-2H3,(H2-,19,20,21,23)/p+1. The summed E-state index contributed by atoms with van der Waals surface area (Å²) in [6.45, 7) is 3.94. The van der Waals surface area contributed by atoms with Gasteiger partial charge in [0.25, 0.3) is 5.88 Å². The fourth-order valence-electron chi connectivity index (χ4n) is 2.67. The van der Waals surface area contributed by atoms with Gasteiger partial charge in [-0.2, -0.15) is 4.79 Å². The molecule has 1 heterocycles. The van der Waals surface area contributed by atoms with Crippen molar-refractivity contribution >= 4 is 17.6 Å². The Labute approximate surface area is 139 Å². The lowest BCUT2D eigenvalue weighted by Gasteiger charge is -2.21. The second-order valence-corrected chi connectivity index (χ2v) is 5.98. The summed E-state index contributed by atoms with van der Waals surface area (Å²) in [4.78, 5) is 12.6. The lowest BCUT2D eigenvalue weighted by molar-refractivity contribution is -0.653. The molecule has 0 unspecified atom stereocenters. The van der Waals surface area contributed by atoms with Crippen molar-refractivity contribution in [2.75, 3.05) is 11.1 Å². The highest BCUT2D eigenvalue weighted by Gasteiger charge is 2.39. The molecule has 0 bridgehead atoms. The number of amides is 1. The molecule has 1 aromatic heterocycles. The minimum Gasteiger partial charge on any atom is -0.364 e. The van der Waals surface area contributed by atoms with Crippen LogP contribution < -0.4 is 15.7 Å². The van der Waals surface area contributed by atoms with Gasteiger partial charge in [0.1, 0.15) is 11.0 Å². The summed E-state index contributed by atoms with van der Waals surface area (Å²) < 4.78 is 6.27. The first-order chi connectivity index (χ1) is 11.5. The molecule has 122 valence electrons. The molecule has 0 saturated heterocycles. The number of hydrogen-bond donors (Lipinski definition) is 2. The van der Waals surface area contributed by atoms with E-state index in [4.69, 9.17) is 10.3 Å². The second kappa shape index (κ2) is 6.16. The molecule has 0 spiro atoms. The van der Waals surface area contributed by atoms with Crippen molar-refractivity contribution in [1.29, 1.82) is 0 Å². The van der Waals surface area contributed by atoms with Crippen LogP contribution in [0.3, 0.4) is 0 Å². The highest BCUT2D eigenvalue weighted by atomic mass is 16.5. The lowest BCUT2D eigenvalue weighted by atomic mass is 9.81. The molecule has 0 aliphatic rings. The zero-order valence-electron chi connectivity index (χ0n) is 13.6. The minimum absolute atomic E-state index is 0.118. The van der Waals surface area contributed by atoms with Crippen LogP contribution in [0.4, 0.5) is 16.4 Å². The Morgan fingerprint density at radius 1 is 1.08 bits per heavy atom. The van der Waals surface area contributed by atoms with Gasteiger partial charge in [0.05, 0.1) is 5.41 Å². The van der Waals surface area contributed by atoms with Gasteiger partial charge < -0.3 is 10.3 Å². The maximum Gasteiger partial charge on any atom is 0.524 e. The first-order valence-electron chi connectivity index (χ1n) is 7.60. The number of nitrogen functional groups attached to an aromatic ring is 1. The van der Waals surface area contributed by atoms with Gasteiger partial charge in [-0.3, -0.25) is 0 Å². The molecular weight excluding hydrogens is 304 g/mol. The fourth-order valence-corrected chi connectivity index (χ4v) is 2.67. The molecule has 3 N–H and O–H groups in total. The van der Waals surface area contributed by atoms with Gasteiger partial charge in [0.2, 0.25) is 5.69 Å². The van der Waals surface area contributed by atoms with E-state index >= 15 is 0 Å². The number of carbonyl (C=O) groups is 1. The molecule has 0 aliphatic heterocycles. The molecule has 3 rings (SSSR count). The third-order valence-corrected chi connectivity index (χ3v) is 3.97. The van der Waals surface area contributed by atoms with Gasteiger partial charge in [0.15, 0.2) is 0 Å². The number of carbonyl (C=O) groups excluding carboxylic acids is 1. The summed E-state index contributed by atoms with van der Waals surface area (Å²) in [5.41, 5.74) is 7.58. The first kappa shape index (κ1) is 15.7. The summed E-state index contributed by atoms with van der Waals surface area (Å²) in [5.74, 6) is 0.118. The van der Waals surface area contributed by atoms with Crippen LogP contribution >= 0.6 is 0 Å². The van der Waals surface area contributed by atoms with E-state index in [1.165, 1.54) is 4.68 Å². The Morgan fingerprint density at radius 3 is 2.29 bits per heavy atom. The van der Waals surface area contributed by atoms with Crippen LogP contribution in [0, 0.1) is 0 Å². The van der Waals surface area contributed by atoms with Gasteiger partial charge >= 0.3 is 6.03 Å². The van der Waals surface area contributed by atoms with Crippen molar-refractivity contribution in [3.8, 4) is 0 Å². The number of nitrogens with one attached hydrogen (secondary N) is 1. The Bertz CT molecular complexity index is 842. The van der Waals surface area contributed by atoms with Crippen LogP contribution in [0.1, 0.15) is 25.1 Å². The van der Waals surface area contributed by atoms with E-state index in [0.717, 1.165) is 5.56 Å². The predicted octanol–water partition coefficient (Wildman–Crippen LogP) is 2.95. The normalized spacial score (nSPS) is 11.2. The van der Waals surface area contributed by atoms with Crippen LogP contribution in [0.2, 0.25) is 0 Å². The molecule has 6 nitrogen and oxygen atoms in total. The van der Waals surface area contributed by atoms with Crippen LogP contribution in [0.5, 0.6) is 0 Å². The molecule has 1 amide bonds. The van der Waals surface area contributed by atoms with E-state index in [1.807, 2.05) is 62.4 Å². The number of benzene rings is 2. The maximum atomic E-state index is 12.6. The highest BCUT2D eigenvalue weighted by molar-refractivity contribution is 5.82. The topological polar surface area (TPSA) is 85.0 Å². The Kier molecular flexibility index (Phi) is 4.04. The van der Waals surface area contributed by atoms with E-state index in [9.17, 15) is 4.79 Å². The molecule has 0 aliphatic carbocycles. The predicted molar refractivity (Wildman–Crippen MR) is 90.5 cm³/mol. The average Bonchev–Trinajstić information content (AvgIpc) is 2.99. The zero-order chi connectivity index (χ0) is 17.2. The summed E-state index contributed by atoms with van der Waals surface area (Å²) in [7, 11) is 0. The maximum absolute atomic E-state index is 12.6. The average molecular weight is 323 g/mol. The van der Waals surface area contributed by atoms with Crippen molar-refractivity contribution in [1.82, 2.24) is 5.27 Å². The molecule has 0 saturated carbocycles. The van der Waals surface area contributed by atoms with Gasteiger partial charge in [-0.15, -0.1) is 0 Å². The fraction of sp³-hybridized carbons (Fsp3) is 0.167. The molecule has 2 aromatic carbocycles. The van der Waals surface area contributed by atoms with E-state index in [2.05, 4.69) is 10.6 Å². The van der Waals surface area contributed by atoms with Gasteiger partial charge in [-0.05, 0) is 36.2 Å². The zero-order valence-corrected chi connectivity index (χ0v) is 13.6. The van der Waals surface area contributed by atoms with Crippen molar-refractivity contribution < 1.29 is 14.0 Å². The number of para-hydroxylation sites is 1. The Hall–Kier alpha value is -3.15. The number of hydrogen-bond acceptors (Lipinski definition) is 4. The Morgan fingerprint density at radius 2 is 1.67 bits per heavy atom. The van der Waals surface area contributed by atoms with Gasteiger partial charge in [-0.25, -0.2) is 5.32 Å². The third kappa shape index (κ3) is 2.86. The van der Waals surface area contributed by atoms with Gasteiger partial charge in [0, 0.05) is 0 Å². The van der Waals surface area contributed by atoms with Gasteiger partial charge in [-0.1, -0.05) is 48.5 Å². The number of nitrogens with zero attached hydrogens (tertiary/aromatic N) is 2. The van der Waals surface area contributed by atoms with E-state index in [-0.39, 0.29) is 5.88 Å². The molecule has 0 atom stereocenters. The van der Waals surface area contributed by atoms with Crippen molar-refractivity contribution in [2.24, 2.45) is 0 Å². The van der Waals surface area contributed by atoms with Crippen LogP contribution in [-0.4, -0.2) is 11.3 Å². The molecule has 0 fully saturated rings. The molecule has 3 aromatic rings. The highest BCUT2D eigenvalue weighted by Crippen LogP contribution is 2.32. The number of nitrogens with two attached hydrogens (primary N) is 1.